The molecule has 0 saturated carbocycles. The summed E-state index contributed by atoms with van der Waals surface area (Å²) in [5.41, 5.74) is 0. The zero-order valence-corrected chi connectivity index (χ0v) is 12.8. The van der Waals surface area contributed by atoms with Crippen molar-refractivity contribution < 1.29 is 0 Å². The molecule has 0 N–H and O–H groups in total. The zero-order chi connectivity index (χ0) is 13.7. The van der Waals surface area contributed by atoms with E-state index in [1.807, 2.05) is 4.68 Å². The van der Waals surface area contributed by atoms with Gasteiger partial charge < -0.3 is 0 Å². The summed E-state index contributed by atoms with van der Waals surface area (Å²) in [5.74, 6) is 1.08. The normalized spacial score (nSPS) is 23.2. The number of rotatable bonds is 5. The Morgan fingerprint density at radius 2 is 2.26 bits per heavy atom. The first-order valence-electron chi connectivity index (χ1n) is 7.45. The van der Waals surface area contributed by atoms with E-state index in [2.05, 4.69) is 28.8 Å². The first-order valence-corrected chi connectivity index (χ1v) is 7.89. The molecule has 0 aliphatic carbocycles. The Balaban J connectivity index is 2.05. The standard InChI is InChI=1S/C14H25ClN4/c1-3-19-14(16-11-17-19)10-18-8-6-4-5-7-13(18)9-12(2)15/h11-13H,3-10H2,1-2H3. The molecule has 0 radical (unpaired) electrons. The van der Waals surface area contributed by atoms with Crippen molar-refractivity contribution in [1.29, 1.82) is 0 Å². The van der Waals surface area contributed by atoms with Crippen LogP contribution in [0.1, 0.15) is 51.8 Å². The quantitative estimate of drug-likeness (QED) is 0.779. The van der Waals surface area contributed by atoms with Crippen molar-refractivity contribution in [3.05, 3.63) is 12.2 Å². The van der Waals surface area contributed by atoms with Crippen molar-refractivity contribution in [2.45, 2.75) is 70.5 Å². The van der Waals surface area contributed by atoms with Gasteiger partial charge in [-0.1, -0.05) is 12.8 Å². The maximum absolute atomic E-state index is 6.21. The summed E-state index contributed by atoms with van der Waals surface area (Å²) in [4.78, 5) is 6.96. The number of hydrogen-bond donors (Lipinski definition) is 0. The molecule has 0 amide bonds. The smallest absolute Gasteiger partial charge is 0.141 e. The summed E-state index contributed by atoms with van der Waals surface area (Å²) in [6, 6.07) is 0.594. The predicted octanol–water partition coefficient (Wildman–Crippen LogP) is 3.06. The van der Waals surface area contributed by atoms with Gasteiger partial charge in [0.05, 0.1) is 6.54 Å². The molecule has 1 aliphatic rings. The van der Waals surface area contributed by atoms with Gasteiger partial charge in [0.2, 0.25) is 0 Å². The third-order valence-electron chi connectivity index (χ3n) is 3.94. The van der Waals surface area contributed by atoms with E-state index in [0.29, 0.717) is 6.04 Å². The lowest BCUT2D eigenvalue weighted by molar-refractivity contribution is 0.174. The summed E-state index contributed by atoms with van der Waals surface area (Å²) < 4.78 is 1.99. The molecule has 1 saturated heterocycles. The third-order valence-corrected chi connectivity index (χ3v) is 4.11. The lowest BCUT2D eigenvalue weighted by atomic mass is 10.0. The minimum atomic E-state index is 0.245. The summed E-state index contributed by atoms with van der Waals surface area (Å²) in [6.45, 7) is 7.16. The topological polar surface area (TPSA) is 34.0 Å². The Bertz CT molecular complexity index is 377. The maximum atomic E-state index is 6.21. The van der Waals surface area contributed by atoms with Crippen LogP contribution in [-0.4, -0.2) is 37.6 Å². The lowest BCUT2D eigenvalue weighted by Crippen LogP contribution is -2.36. The second kappa shape index (κ2) is 7.25. The summed E-state index contributed by atoms with van der Waals surface area (Å²) in [5, 5.41) is 4.51. The lowest BCUT2D eigenvalue weighted by Gasteiger charge is -2.30. The van der Waals surface area contributed by atoms with Crippen molar-refractivity contribution in [3.8, 4) is 0 Å². The second-order valence-corrected chi connectivity index (χ2v) is 6.23. The van der Waals surface area contributed by atoms with Crippen LogP contribution in [0.15, 0.2) is 6.33 Å². The van der Waals surface area contributed by atoms with Crippen LogP contribution in [0.3, 0.4) is 0 Å². The van der Waals surface area contributed by atoms with Crippen LogP contribution < -0.4 is 0 Å². The summed E-state index contributed by atoms with van der Waals surface area (Å²) in [6.07, 6.45) is 7.94. The van der Waals surface area contributed by atoms with Crippen LogP contribution in [0.2, 0.25) is 0 Å². The number of aryl methyl sites for hydroxylation is 1. The SMILES string of the molecule is CCn1ncnc1CN1CCCCCC1CC(C)Cl. The fourth-order valence-electron chi connectivity index (χ4n) is 2.94. The van der Waals surface area contributed by atoms with Crippen LogP contribution in [-0.2, 0) is 13.1 Å². The number of halogens is 1. The molecule has 0 bridgehead atoms. The van der Waals surface area contributed by atoms with E-state index in [1.165, 1.54) is 25.7 Å². The molecule has 4 nitrogen and oxygen atoms in total. The van der Waals surface area contributed by atoms with Crippen molar-refractivity contribution in [1.82, 2.24) is 19.7 Å². The van der Waals surface area contributed by atoms with E-state index >= 15 is 0 Å². The predicted molar refractivity (Wildman–Crippen MR) is 78.3 cm³/mol. The van der Waals surface area contributed by atoms with Gasteiger partial charge in [0.15, 0.2) is 0 Å². The molecule has 1 aromatic rings. The molecule has 1 aromatic heterocycles. The Hall–Kier alpha value is -0.610. The largest absolute Gasteiger partial charge is 0.293 e. The van der Waals surface area contributed by atoms with E-state index in [0.717, 1.165) is 31.9 Å². The van der Waals surface area contributed by atoms with Crippen molar-refractivity contribution in [3.63, 3.8) is 0 Å². The van der Waals surface area contributed by atoms with Gasteiger partial charge in [0.1, 0.15) is 12.2 Å². The fraction of sp³-hybridized carbons (Fsp3) is 0.857. The minimum absolute atomic E-state index is 0.245. The Morgan fingerprint density at radius 1 is 1.42 bits per heavy atom. The minimum Gasteiger partial charge on any atom is -0.293 e. The zero-order valence-electron chi connectivity index (χ0n) is 12.1. The molecule has 19 heavy (non-hydrogen) atoms. The average molecular weight is 285 g/mol. The molecule has 5 heteroatoms. The van der Waals surface area contributed by atoms with Crippen molar-refractivity contribution >= 4 is 11.6 Å². The van der Waals surface area contributed by atoms with Crippen LogP contribution >= 0.6 is 11.6 Å². The number of aromatic nitrogens is 3. The highest BCUT2D eigenvalue weighted by Crippen LogP contribution is 2.23. The molecule has 2 unspecified atom stereocenters. The average Bonchev–Trinajstić information content (AvgIpc) is 2.71. The highest BCUT2D eigenvalue weighted by Gasteiger charge is 2.23. The molecule has 1 fully saturated rings. The van der Waals surface area contributed by atoms with Gasteiger partial charge in [0.25, 0.3) is 0 Å². The molecule has 2 rings (SSSR count). The molecule has 1 aliphatic heterocycles. The van der Waals surface area contributed by atoms with Crippen LogP contribution in [0, 0.1) is 0 Å². The van der Waals surface area contributed by atoms with Crippen molar-refractivity contribution in [2.75, 3.05) is 6.54 Å². The number of hydrogen-bond acceptors (Lipinski definition) is 3. The highest BCUT2D eigenvalue weighted by molar-refractivity contribution is 6.20. The second-order valence-electron chi connectivity index (χ2n) is 5.48. The first kappa shape index (κ1) is 14.8. The fourth-order valence-corrected chi connectivity index (χ4v) is 3.15. The molecular weight excluding hydrogens is 260 g/mol. The number of likely N-dealkylation sites (tertiary alicyclic amines) is 1. The third kappa shape index (κ3) is 4.18. The Morgan fingerprint density at radius 3 is 3.00 bits per heavy atom. The van der Waals surface area contributed by atoms with Gasteiger partial charge in [-0.15, -0.1) is 11.6 Å². The number of nitrogens with zero attached hydrogens (tertiary/aromatic N) is 4. The molecule has 2 heterocycles. The number of alkyl halides is 1. The molecular formula is C14H25ClN4. The van der Waals surface area contributed by atoms with E-state index in [9.17, 15) is 0 Å². The summed E-state index contributed by atoms with van der Waals surface area (Å²) in [7, 11) is 0. The van der Waals surface area contributed by atoms with Gasteiger partial charge in [-0.05, 0) is 39.7 Å². The van der Waals surface area contributed by atoms with Crippen LogP contribution in [0.25, 0.3) is 0 Å². The van der Waals surface area contributed by atoms with Crippen LogP contribution in [0.5, 0.6) is 0 Å². The van der Waals surface area contributed by atoms with Gasteiger partial charge in [-0.2, -0.15) is 5.10 Å². The van der Waals surface area contributed by atoms with Gasteiger partial charge in [-0.25, -0.2) is 9.67 Å². The van der Waals surface area contributed by atoms with Crippen molar-refractivity contribution in [2.24, 2.45) is 0 Å². The molecule has 0 spiro atoms. The molecule has 108 valence electrons. The maximum Gasteiger partial charge on any atom is 0.141 e. The van der Waals surface area contributed by atoms with Gasteiger partial charge in [-0.3, -0.25) is 4.90 Å². The molecule has 2 atom stereocenters. The highest BCUT2D eigenvalue weighted by atomic mass is 35.5. The first-order chi connectivity index (χ1) is 9.20. The van der Waals surface area contributed by atoms with E-state index in [-0.39, 0.29) is 5.38 Å². The van der Waals surface area contributed by atoms with Gasteiger partial charge >= 0.3 is 0 Å². The Labute approximate surface area is 121 Å². The summed E-state index contributed by atoms with van der Waals surface area (Å²) >= 11 is 6.21. The Kier molecular flexibility index (Phi) is 5.64. The van der Waals surface area contributed by atoms with Gasteiger partial charge in [0, 0.05) is 18.0 Å². The van der Waals surface area contributed by atoms with E-state index in [4.69, 9.17) is 11.6 Å². The van der Waals surface area contributed by atoms with E-state index < -0.39 is 0 Å². The van der Waals surface area contributed by atoms with Crippen LogP contribution in [0.4, 0.5) is 0 Å². The molecule has 0 aromatic carbocycles. The monoisotopic (exact) mass is 284 g/mol. The van der Waals surface area contributed by atoms with E-state index in [1.54, 1.807) is 6.33 Å².